The molecule has 1 atom stereocenters. The molecule has 0 aromatic heterocycles. The van der Waals surface area contributed by atoms with Crippen molar-refractivity contribution in [2.45, 2.75) is 31.0 Å². The lowest BCUT2D eigenvalue weighted by Gasteiger charge is -2.36. The van der Waals surface area contributed by atoms with Crippen LogP contribution in [0.1, 0.15) is 30.9 Å². The van der Waals surface area contributed by atoms with Crippen molar-refractivity contribution >= 4 is 17.5 Å². The van der Waals surface area contributed by atoms with Gasteiger partial charge in [0.25, 0.3) is 5.91 Å². The summed E-state index contributed by atoms with van der Waals surface area (Å²) in [5.74, 6) is -0.538. The first-order valence-electron chi connectivity index (χ1n) is 5.94. The average molecular weight is 270 g/mol. The van der Waals surface area contributed by atoms with Crippen molar-refractivity contribution in [2.75, 3.05) is 6.54 Å². The van der Waals surface area contributed by atoms with Crippen molar-refractivity contribution in [1.82, 2.24) is 5.32 Å². The number of nitrogens with one attached hydrogen (secondary N) is 1. The van der Waals surface area contributed by atoms with Crippen molar-refractivity contribution < 1.29 is 15.0 Å². The Balaban J connectivity index is 1.94. The van der Waals surface area contributed by atoms with Gasteiger partial charge in [-0.25, -0.2) is 0 Å². The maximum Gasteiger partial charge on any atom is 0.253 e. The van der Waals surface area contributed by atoms with Crippen LogP contribution in [-0.4, -0.2) is 28.3 Å². The largest absolute Gasteiger partial charge is 0.388 e. The van der Waals surface area contributed by atoms with Crippen LogP contribution in [0.25, 0.3) is 0 Å². The van der Waals surface area contributed by atoms with Gasteiger partial charge >= 0.3 is 0 Å². The molecule has 0 unspecified atom stereocenters. The zero-order chi connectivity index (χ0) is 13.2. The highest BCUT2D eigenvalue weighted by molar-refractivity contribution is 6.31. The Morgan fingerprint density at radius 1 is 1.44 bits per heavy atom. The van der Waals surface area contributed by atoms with Crippen LogP contribution in [-0.2, 0) is 4.79 Å². The van der Waals surface area contributed by atoms with Crippen molar-refractivity contribution in [3.05, 3.63) is 34.9 Å². The van der Waals surface area contributed by atoms with Crippen LogP contribution in [0.5, 0.6) is 0 Å². The highest BCUT2D eigenvalue weighted by atomic mass is 35.5. The zero-order valence-electron chi connectivity index (χ0n) is 9.90. The van der Waals surface area contributed by atoms with Crippen LogP contribution in [0.3, 0.4) is 0 Å². The number of carbonyl (C=O) groups is 1. The number of halogens is 1. The lowest BCUT2D eigenvalue weighted by atomic mass is 9.80. The molecule has 18 heavy (non-hydrogen) atoms. The first-order valence-corrected chi connectivity index (χ1v) is 6.32. The van der Waals surface area contributed by atoms with Gasteiger partial charge in [-0.05, 0) is 25.3 Å². The second-order valence-electron chi connectivity index (χ2n) is 4.72. The lowest BCUT2D eigenvalue weighted by molar-refractivity contribution is -0.132. The lowest BCUT2D eigenvalue weighted by Crippen LogP contribution is -2.48. The van der Waals surface area contributed by atoms with Crippen LogP contribution < -0.4 is 5.32 Å². The van der Waals surface area contributed by atoms with Crippen molar-refractivity contribution in [3.63, 3.8) is 0 Å². The van der Waals surface area contributed by atoms with E-state index in [1.54, 1.807) is 24.3 Å². The molecule has 4 nitrogen and oxygen atoms in total. The van der Waals surface area contributed by atoms with Gasteiger partial charge in [0, 0.05) is 17.1 Å². The first-order chi connectivity index (χ1) is 8.52. The summed E-state index contributed by atoms with van der Waals surface area (Å²) < 4.78 is 0. The Kier molecular flexibility index (Phi) is 3.90. The number of aliphatic hydroxyl groups is 2. The summed E-state index contributed by atoms with van der Waals surface area (Å²) in [5.41, 5.74) is -0.423. The molecule has 98 valence electrons. The van der Waals surface area contributed by atoms with E-state index in [1.807, 2.05) is 0 Å². The molecule has 2 rings (SSSR count). The molecule has 0 saturated heterocycles. The zero-order valence-corrected chi connectivity index (χ0v) is 10.7. The predicted octanol–water partition coefficient (Wildman–Crippen LogP) is 1.40. The van der Waals surface area contributed by atoms with Crippen LogP contribution in [0.15, 0.2) is 24.3 Å². The Hall–Kier alpha value is -1.10. The van der Waals surface area contributed by atoms with E-state index >= 15 is 0 Å². The Morgan fingerprint density at radius 2 is 2.11 bits per heavy atom. The van der Waals surface area contributed by atoms with E-state index in [9.17, 15) is 15.0 Å². The van der Waals surface area contributed by atoms with E-state index in [-0.39, 0.29) is 6.54 Å². The second-order valence-corrected chi connectivity index (χ2v) is 5.13. The molecule has 1 aliphatic rings. The van der Waals surface area contributed by atoms with Gasteiger partial charge in [0.2, 0.25) is 0 Å². The van der Waals surface area contributed by atoms with Crippen LogP contribution in [0, 0.1) is 0 Å². The molecule has 0 heterocycles. The summed E-state index contributed by atoms with van der Waals surface area (Å²) in [7, 11) is 0. The minimum Gasteiger partial charge on any atom is -0.388 e. The molecule has 1 saturated carbocycles. The third kappa shape index (κ3) is 2.83. The van der Waals surface area contributed by atoms with Crippen molar-refractivity contribution in [2.24, 2.45) is 0 Å². The third-order valence-electron chi connectivity index (χ3n) is 3.32. The van der Waals surface area contributed by atoms with E-state index in [1.165, 1.54) is 0 Å². The number of rotatable bonds is 4. The third-order valence-corrected chi connectivity index (χ3v) is 3.67. The van der Waals surface area contributed by atoms with E-state index < -0.39 is 17.6 Å². The van der Waals surface area contributed by atoms with Gasteiger partial charge < -0.3 is 15.5 Å². The van der Waals surface area contributed by atoms with E-state index in [4.69, 9.17) is 11.6 Å². The maximum atomic E-state index is 11.8. The highest BCUT2D eigenvalue weighted by Crippen LogP contribution is 2.31. The van der Waals surface area contributed by atoms with Crippen molar-refractivity contribution in [1.29, 1.82) is 0 Å². The van der Waals surface area contributed by atoms with Crippen LogP contribution in [0.4, 0.5) is 0 Å². The first kappa shape index (κ1) is 13.3. The summed E-state index contributed by atoms with van der Waals surface area (Å²) in [6.07, 6.45) is 1.05. The molecular formula is C13H16ClNO3. The minimum atomic E-state index is -1.30. The predicted molar refractivity (Wildman–Crippen MR) is 68.2 cm³/mol. The molecule has 3 N–H and O–H groups in total. The van der Waals surface area contributed by atoms with Gasteiger partial charge in [-0.1, -0.05) is 29.8 Å². The number of amides is 1. The van der Waals surface area contributed by atoms with Gasteiger partial charge in [0.15, 0.2) is 6.10 Å². The summed E-state index contributed by atoms with van der Waals surface area (Å²) in [6.45, 7) is 0.174. The number of aliphatic hydroxyl groups excluding tert-OH is 1. The number of carbonyl (C=O) groups excluding carboxylic acids is 1. The quantitative estimate of drug-likeness (QED) is 0.774. The molecule has 1 aliphatic carbocycles. The molecule has 0 radical (unpaired) electrons. The monoisotopic (exact) mass is 269 g/mol. The summed E-state index contributed by atoms with van der Waals surface area (Å²) in [5, 5.41) is 22.6. The smallest absolute Gasteiger partial charge is 0.253 e. The Morgan fingerprint density at radius 3 is 2.67 bits per heavy atom. The van der Waals surface area contributed by atoms with Gasteiger partial charge in [0.1, 0.15) is 0 Å². The molecule has 1 fully saturated rings. The number of hydrogen-bond acceptors (Lipinski definition) is 3. The van der Waals surface area contributed by atoms with Gasteiger partial charge in [-0.2, -0.15) is 0 Å². The van der Waals surface area contributed by atoms with Crippen LogP contribution >= 0.6 is 11.6 Å². The van der Waals surface area contributed by atoms with Gasteiger partial charge in [-0.3, -0.25) is 4.79 Å². The second kappa shape index (κ2) is 5.26. The van der Waals surface area contributed by atoms with E-state index in [0.29, 0.717) is 23.4 Å². The normalized spacial score (nSPS) is 18.8. The SMILES string of the molecule is O=C(NCC1(O)CCC1)[C@H](O)c1ccccc1Cl. The Labute approximate surface area is 111 Å². The fourth-order valence-electron chi connectivity index (χ4n) is 1.95. The van der Waals surface area contributed by atoms with E-state index in [2.05, 4.69) is 5.32 Å². The molecule has 1 aromatic rings. The van der Waals surface area contributed by atoms with Crippen LogP contribution in [0.2, 0.25) is 5.02 Å². The van der Waals surface area contributed by atoms with Crippen molar-refractivity contribution in [3.8, 4) is 0 Å². The molecule has 5 heteroatoms. The maximum absolute atomic E-state index is 11.8. The van der Waals surface area contributed by atoms with Gasteiger partial charge in [-0.15, -0.1) is 0 Å². The van der Waals surface area contributed by atoms with Gasteiger partial charge in [0.05, 0.1) is 5.60 Å². The summed E-state index contributed by atoms with van der Waals surface area (Å²) >= 11 is 5.90. The minimum absolute atomic E-state index is 0.174. The molecular weight excluding hydrogens is 254 g/mol. The number of benzene rings is 1. The number of hydrogen-bond donors (Lipinski definition) is 3. The fourth-order valence-corrected chi connectivity index (χ4v) is 2.19. The molecule has 1 amide bonds. The molecule has 1 aromatic carbocycles. The molecule has 0 bridgehead atoms. The fraction of sp³-hybridized carbons (Fsp3) is 0.462. The summed E-state index contributed by atoms with van der Waals surface area (Å²) in [6, 6.07) is 6.65. The topological polar surface area (TPSA) is 69.6 Å². The Bertz CT molecular complexity index is 446. The molecule has 0 spiro atoms. The highest BCUT2D eigenvalue weighted by Gasteiger charge is 2.35. The van der Waals surface area contributed by atoms with E-state index in [0.717, 1.165) is 6.42 Å². The summed E-state index contributed by atoms with van der Waals surface area (Å²) in [4.78, 5) is 11.8. The molecule has 0 aliphatic heterocycles. The standard InChI is InChI=1S/C13H16ClNO3/c14-10-5-2-1-4-9(10)11(16)12(17)15-8-13(18)6-3-7-13/h1-2,4-5,11,16,18H,3,6-8H2,(H,15,17)/t11-/m1/s1. The average Bonchev–Trinajstić information content (AvgIpc) is 2.33.